The van der Waals surface area contributed by atoms with Gasteiger partial charge in [-0.3, -0.25) is 0 Å². The number of nitrogens with zero attached hydrogens (tertiary/aromatic N) is 2. The maximum absolute atomic E-state index is 6.07. The third kappa shape index (κ3) is 3.04. The van der Waals surface area contributed by atoms with E-state index in [2.05, 4.69) is 58.9 Å². The summed E-state index contributed by atoms with van der Waals surface area (Å²) in [6.07, 6.45) is 11.9. The smallest absolute Gasteiger partial charge is 0.119 e. The van der Waals surface area contributed by atoms with Gasteiger partial charge in [-0.05, 0) is 82.1 Å². The van der Waals surface area contributed by atoms with Crippen molar-refractivity contribution in [3.63, 3.8) is 0 Å². The van der Waals surface area contributed by atoms with Gasteiger partial charge in [0.05, 0.1) is 19.3 Å². The second-order valence-electron chi connectivity index (χ2n) is 8.50. The lowest BCUT2D eigenvalue weighted by atomic mass is 10.1. The summed E-state index contributed by atoms with van der Waals surface area (Å²) in [5.41, 5.74) is 2.68. The van der Waals surface area contributed by atoms with Crippen LogP contribution in [0.1, 0.15) is 31.4 Å². The predicted molar refractivity (Wildman–Crippen MR) is 113 cm³/mol. The molecule has 1 aromatic heterocycles. The molecule has 2 aromatic rings. The Hall–Kier alpha value is -2.20. The zero-order valence-corrected chi connectivity index (χ0v) is 17.0. The molecule has 0 spiro atoms. The van der Waals surface area contributed by atoms with Crippen molar-refractivity contribution in [2.45, 2.75) is 38.1 Å². The van der Waals surface area contributed by atoms with Crippen LogP contribution in [0.15, 0.2) is 48.3 Å². The fourth-order valence-electron chi connectivity index (χ4n) is 5.09. The number of methoxy groups -OCH3 is 1. The second kappa shape index (κ2) is 7.00. The first-order valence-electron chi connectivity index (χ1n) is 10.6. The van der Waals surface area contributed by atoms with Crippen LogP contribution in [0.25, 0.3) is 10.9 Å². The van der Waals surface area contributed by atoms with Gasteiger partial charge >= 0.3 is 0 Å². The molecule has 0 bridgehead atoms. The minimum atomic E-state index is 0.0861. The molecule has 1 aromatic carbocycles. The Morgan fingerprint density at radius 3 is 2.82 bits per heavy atom. The highest BCUT2D eigenvalue weighted by molar-refractivity contribution is 5.83. The molecule has 2 heterocycles. The lowest BCUT2D eigenvalue weighted by molar-refractivity contribution is 0.198. The van der Waals surface area contributed by atoms with E-state index in [1.807, 2.05) is 0 Å². The molecule has 2 fully saturated rings. The van der Waals surface area contributed by atoms with Crippen LogP contribution in [0.3, 0.4) is 0 Å². The SMILES string of the molecule is COc1ccc2c(c1)cc(C)n2C12C=CC(OCCCN3CCCC3)=CC1C2. The Morgan fingerprint density at radius 2 is 2.04 bits per heavy atom. The van der Waals surface area contributed by atoms with Crippen LogP contribution < -0.4 is 4.74 Å². The summed E-state index contributed by atoms with van der Waals surface area (Å²) in [6, 6.07) is 8.64. The number of allylic oxidation sites excluding steroid dienone is 3. The third-order valence-electron chi connectivity index (χ3n) is 6.63. The fraction of sp³-hybridized carbons (Fsp3) is 0.500. The Balaban J connectivity index is 1.26. The van der Waals surface area contributed by atoms with E-state index < -0.39 is 0 Å². The van der Waals surface area contributed by atoms with Crippen molar-refractivity contribution in [1.82, 2.24) is 9.47 Å². The highest BCUT2D eigenvalue weighted by atomic mass is 16.5. The normalized spacial score (nSPS) is 26.4. The first-order chi connectivity index (χ1) is 13.7. The van der Waals surface area contributed by atoms with Gasteiger partial charge in [0, 0.05) is 29.1 Å². The molecule has 1 saturated heterocycles. The number of hydrogen-bond donors (Lipinski definition) is 0. The minimum absolute atomic E-state index is 0.0861. The van der Waals surface area contributed by atoms with Gasteiger partial charge < -0.3 is 18.9 Å². The lowest BCUT2D eigenvalue weighted by Gasteiger charge is -2.22. The van der Waals surface area contributed by atoms with Crippen LogP contribution >= 0.6 is 0 Å². The molecule has 0 radical (unpaired) electrons. The zero-order chi connectivity index (χ0) is 19.1. The Bertz CT molecular complexity index is 935. The molecule has 0 amide bonds. The molecule has 4 heteroatoms. The van der Waals surface area contributed by atoms with Crippen LogP contribution in [-0.2, 0) is 10.3 Å². The van der Waals surface area contributed by atoms with Crippen LogP contribution in [0, 0.1) is 12.8 Å². The molecule has 148 valence electrons. The van der Waals surface area contributed by atoms with E-state index in [-0.39, 0.29) is 5.54 Å². The van der Waals surface area contributed by atoms with E-state index in [0.29, 0.717) is 5.92 Å². The third-order valence-corrected chi connectivity index (χ3v) is 6.63. The number of aromatic nitrogens is 1. The summed E-state index contributed by atoms with van der Waals surface area (Å²) in [5.74, 6) is 2.50. The van der Waals surface area contributed by atoms with Gasteiger partial charge in [0.1, 0.15) is 11.5 Å². The van der Waals surface area contributed by atoms with Gasteiger partial charge in [0.2, 0.25) is 0 Å². The summed E-state index contributed by atoms with van der Waals surface area (Å²) in [6.45, 7) is 6.73. The summed E-state index contributed by atoms with van der Waals surface area (Å²) >= 11 is 0. The van der Waals surface area contributed by atoms with Crippen molar-refractivity contribution in [3.8, 4) is 5.75 Å². The van der Waals surface area contributed by atoms with Gasteiger partial charge in [0.25, 0.3) is 0 Å². The first-order valence-corrected chi connectivity index (χ1v) is 10.6. The fourth-order valence-corrected chi connectivity index (χ4v) is 5.09. The number of fused-ring (bicyclic) bond motifs is 2. The average molecular weight is 379 g/mol. The number of hydrogen-bond acceptors (Lipinski definition) is 3. The van der Waals surface area contributed by atoms with E-state index in [0.717, 1.165) is 31.0 Å². The van der Waals surface area contributed by atoms with Gasteiger partial charge in [-0.2, -0.15) is 0 Å². The van der Waals surface area contributed by atoms with Gasteiger partial charge in [-0.25, -0.2) is 0 Å². The molecule has 5 rings (SSSR count). The molecular weight excluding hydrogens is 348 g/mol. The summed E-state index contributed by atoms with van der Waals surface area (Å²) < 4.78 is 14.0. The largest absolute Gasteiger partial charge is 0.497 e. The Morgan fingerprint density at radius 1 is 1.18 bits per heavy atom. The number of likely N-dealkylation sites (tertiary alicyclic amines) is 1. The van der Waals surface area contributed by atoms with Crippen molar-refractivity contribution in [1.29, 1.82) is 0 Å². The average Bonchev–Trinajstić information content (AvgIpc) is 3.02. The maximum atomic E-state index is 6.07. The molecule has 2 atom stereocenters. The van der Waals surface area contributed by atoms with Crippen molar-refractivity contribution in [3.05, 3.63) is 53.9 Å². The van der Waals surface area contributed by atoms with Crippen LogP contribution in [0.2, 0.25) is 0 Å². The van der Waals surface area contributed by atoms with Gasteiger partial charge in [0.15, 0.2) is 0 Å². The second-order valence-corrected chi connectivity index (χ2v) is 8.50. The topological polar surface area (TPSA) is 26.6 Å². The van der Waals surface area contributed by atoms with E-state index in [4.69, 9.17) is 9.47 Å². The van der Waals surface area contributed by atoms with Crippen LogP contribution in [0.4, 0.5) is 0 Å². The predicted octanol–water partition coefficient (Wildman–Crippen LogP) is 4.63. The van der Waals surface area contributed by atoms with Crippen molar-refractivity contribution in [2.24, 2.45) is 5.92 Å². The lowest BCUT2D eigenvalue weighted by Crippen LogP contribution is -2.22. The van der Waals surface area contributed by atoms with Crippen molar-refractivity contribution in [2.75, 3.05) is 33.4 Å². The minimum Gasteiger partial charge on any atom is -0.497 e. The van der Waals surface area contributed by atoms with E-state index >= 15 is 0 Å². The Labute approximate surface area is 167 Å². The van der Waals surface area contributed by atoms with Gasteiger partial charge in [-0.1, -0.05) is 6.08 Å². The van der Waals surface area contributed by atoms with E-state index in [1.54, 1.807) is 7.11 Å². The first kappa shape index (κ1) is 17.9. The zero-order valence-electron chi connectivity index (χ0n) is 17.0. The number of benzene rings is 1. The molecule has 28 heavy (non-hydrogen) atoms. The number of rotatable bonds is 7. The number of ether oxygens (including phenoxy) is 2. The van der Waals surface area contributed by atoms with Crippen molar-refractivity contribution < 1.29 is 9.47 Å². The molecular formula is C24H30N2O2. The highest BCUT2D eigenvalue weighted by Gasteiger charge is 2.55. The quantitative estimate of drug-likeness (QED) is 0.657. The van der Waals surface area contributed by atoms with E-state index in [9.17, 15) is 0 Å². The monoisotopic (exact) mass is 378 g/mol. The summed E-state index contributed by atoms with van der Waals surface area (Å²) in [5, 5.41) is 1.25. The molecule has 2 unspecified atom stereocenters. The molecule has 1 saturated carbocycles. The Kier molecular flexibility index (Phi) is 4.47. The van der Waals surface area contributed by atoms with E-state index in [1.165, 1.54) is 49.1 Å². The van der Waals surface area contributed by atoms with Gasteiger partial charge in [-0.15, -0.1) is 0 Å². The van der Waals surface area contributed by atoms with Crippen LogP contribution in [-0.4, -0.2) is 42.8 Å². The molecule has 2 aliphatic carbocycles. The van der Waals surface area contributed by atoms with Crippen LogP contribution in [0.5, 0.6) is 5.75 Å². The van der Waals surface area contributed by atoms with Crippen molar-refractivity contribution >= 4 is 10.9 Å². The number of aryl methyl sites for hydroxylation is 1. The molecule has 1 aliphatic heterocycles. The maximum Gasteiger partial charge on any atom is 0.119 e. The summed E-state index contributed by atoms with van der Waals surface area (Å²) in [4.78, 5) is 2.55. The molecule has 0 N–H and O–H groups in total. The molecule has 4 nitrogen and oxygen atoms in total. The highest BCUT2D eigenvalue weighted by Crippen LogP contribution is 2.57. The summed E-state index contributed by atoms with van der Waals surface area (Å²) in [7, 11) is 1.72. The standard InChI is InChI=1S/C24H30N2O2/c1-18-14-19-15-21(27-2)6-7-23(19)26(18)24-9-8-22(16-20(24)17-24)28-13-5-12-25-10-3-4-11-25/h6-9,14-16,20H,3-5,10-13,17H2,1-2H3. The molecule has 3 aliphatic rings.